The zero-order valence-electron chi connectivity index (χ0n) is 15.7. The number of aromatic nitrogens is 1. The highest BCUT2D eigenvalue weighted by Crippen LogP contribution is 2.31. The number of fused-ring (bicyclic) bond motifs is 1. The summed E-state index contributed by atoms with van der Waals surface area (Å²) in [5.74, 6) is -0.635. The summed E-state index contributed by atoms with van der Waals surface area (Å²) < 4.78 is 41.7. The van der Waals surface area contributed by atoms with Gasteiger partial charge in [-0.25, -0.2) is 0 Å². The number of aryl methyl sites for hydroxylation is 1. The summed E-state index contributed by atoms with van der Waals surface area (Å²) in [6.45, 7) is 3.94. The third-order valence-electron chi connectivity index (χ3n) is 4.69. The molecule has 1 heterocycles. The van der Waals surface area contributed by atoms with Crippen molar-refractivity contribution in [2.45, 2.75) is 32.6 Å². The van der Waals surface area contributed by atoms with Crippen LogP contribution in [0.4, 0.5) is 13.2 Å². The molecule has 0 spiro atoms. The number of alkyl halides is 3. The molecule has 1 unspecified atom stereocenters. The molecule has 1 aromatic heterocycles. The van der Waals surface area contributed by atoms with Crippen molar-refractivity contribution in [1.82, 2.24) is 9.88 Å². The molecule has 152 valence electrons. The molecule has 0 aliphatic rings. The molecule has 0 aliphatic heterocycles. The van der Waals surface area contributed by atoms with E-state index in [0.717, 1.165) is 22.2 Å². The number of hydrogen-bond acceptors (Lipinski definition) is 2. The highest BCUT2D eigenvalue weighted by molar-refractivity contribution is 9.10. The van der Waals surface area contributed by atoms with Gasteiger partial charge in [-0.1, -0.05) is 28.1 Å². The van der Waals surface area contributed by atoms with Crippen molar-refractivity contribution in [2.75, 3.05) is 0 Å². The first-order chi connectivity index (χ1) is 13.6. The quantitative estimate of drug-likeness (QED) is 0.567. The molecule has 1 amide bonds. The van der Waals surface area contributed by atoms with Gasteiger partial charge in [0.15, 0.2) is 0 Å². The molecule has 29 heavy (non-hydrogen) atoms. The number of carbonyl (C=O) groups is 1. The summed E-state index contributed by atoms with van der Waals surface area (Å²) >= 11 is 3.36. The number of carbonyl (C=O) groups excluding carboxylic acids is 1. The highest BCUT2D eigenvalue weighted by atomic mass is 79.9. The maximum atomic E-state index is 13.1. The molecular weight excluding hydrogens is 449 g/mol. The summed E-state index contributed by atoms with van der Waals surface area (Å²) in [7, 11) is 0. The molecule has 0 saturated heterocycles. The number of hydrogen-bond donors (Lipinski definition) is 1. The van der Waals surface area contributed by atoms with Crippen LogP contribution < -0.4 is 10.7 Å². The normalized spacial score (nSPS) is 12.8. The Balaban J connectivity index is 2.05. The zero-order valence-corrected chi connectivity index (χ0v) is 17.3. The maximum Gasteiger partial charge on any atom is 0.416 e. The van der Waals surface area contributed by atoms with Gasteiger partial charge in [-0.3, -0.25) is 9.59 Å². The van der Waals surface area contributed by atoms with Gasteiger partial charge >= 0.3 is 6.18 Å². The molecule has 4 nitrogen and oxygen atoms in total. The standard InChI is InChI=1S/C21H18BrF3N2O2/c1-3-27-11-17(20(29)26-12(2)13-5-4-6-15(22)9-13)19(28)16-10-14(21(23,24)25)7-8-18(16)27/h4-12H,3H2,1-2H3,(H,26,29). The fourth-order valence-electron chi connectivity index (χ4n) is 3.13. The molecule has 8 heteroatoms. The van der Waals surface area contributed by atoms with Gasteiger partial charge < -0.3 is 9.88 Å². The Morgan fingerprint density at radius 2 is 1.93 bits per heavy atom. The molecule has 0 fully saturated rings. The number of nitrogens with zero attached hydrogens (tertiary/aromatic N) is 1. The molecule has 1 atom stereocenters. The molecule has 2 aromatic carbocycles. The summed E-state index contributed by atoms with van der Waals surface area (Å²) in [4.78, 5) is 25.6. The van der Waals surface area contributed by atoms with E-state index in [2.05, 4.69) is 21.2 Å². The second-order valence-electron chi connectivity index (χ2n) is 6.64. The summed E-state index contributed by atoms with van der Waals surface area (Å²) in [6.07, 6.45) is -3.19. The van der Waals surface area contributed by atoms with E-state index in [-0.39, 0.29) is 10.9 Å². The average Bonchev–Trinajstić information content (AvgIpc) is 2.67. The topological polar surface area (TPSA) is 51.1 Å². The van der Waals surface area contributed by atoms with Gasteiger partial charge in [0, 0.05) is 22.6 Å². The average molecular weight is 467 g/mol. The van der Waals surface area contributed by atoms with Crippen LogP contribution in [0.2, 0.25) is 0 Å². The molecule has 0 saturated carbocycles. The molecular formula is C21H18BrF3N2O2. The lowest BCUT2D eigenvalue weighted by molar-refractivity contribution is -0.137. The van der Waals surface area contributed by atoms with Crippen molar-refractivity contribution in [3.8, 4) is 0 Å². The fraction of sp³-hybridized carbons (Fsp3) is 0.238. The van der Waals surface area contributed by atoms with E-state index in [9.17, 15) is 22.8 Å². The Bertz CT molecular complexity index is 1140. The highest BCUT2D eigenvalue weighted by Gasteiger charge is 2.31. The van der Waals surface area contributed by atoms with Crippen LogP contribution in [-0.2, 0) is 12.7 Å². The zero-order chi connectivity index (χ0) is 21.3. The van der Waals surface area contributed by atoms with Gasteiger partial charge in [-0.2, -0.15) is 13.2 Å². The third kappa shape index (κ3) is 4.37. The number of pyridine rings is 1. The summed E-state index contributed by atoms with van der Waals surface area (Å²) in [5.41, 5.74) is -0.675. The van der Waals surface area contributed by atoms with Crippen LogP contribution in [0.1, 0.15) is 41.4 Å². The molecule has 3 aromatic rings. The van der Waals surface area contributed by atoms with Gasteiger partial charge in [0.05, 0.1) is 17.1 Å². The van der Waals surface area contributed by atoms with Crippen LogP contribution in [0, 0.1) is 0 Å². The van der Waals surface area contributed by atoms with Crippen molar-refractivity contribution in [2.24, 2.45) is 0 Å². The lowest BCUT2D eigenvalue weighted by atomic mass is 10.1. The minimum atomic E-state index is -4.58. The predicted octanol–water partition coefficient (Wildman–Crippen LogP) is 5.29. The Kier molecular flexibility index (Phi) is 5.84. The van der Waals surface area contributed by atoms with Crippen molar-refractivity contribution in [1.29, 1.82) is 0 Å². The molecule has 0 bridgehead atoms. The third-order valence-corrected chi connectivity index (χ3v) is 5.18. The minimum absolute atomic E-state index is 0.135. The van der Waals surface area contributed by atoms with E-state index < -0.39 is 29.1 Å². The van der Waals surface area contributed by atoms with Crippen LogP contribution >= 0.6 is 15.9 Å². The number of benzene rings is 2. The van der Waals surface area contributed by atoms with E-state index in [1.807, 2.05) is 24.3 Å². The van der Waals surface area contributed by atoms with Crippen molar-refractivity contribution >= 4 is 32.7 Å². The first-order valence-electron chi connectivity index (χ1n) is 8.92. The fourth-order valence-corrected chi connectivity index (χ4v) is 3.55. The summed E-state index contributed by atoms with van der Waals surface area (Å²) in [6, 6.07) is 9.93. The second kappa shape index (κ2) is 8.02. The number of rotatable bonds is 4. The SMILES string of the molecule is CCn1cc(C(=O)NC(C)c2cccc(Br)c2)c(=O)c2cc(C(F)(F)F)ccc21. The molecule has 0 radical (unpaired) electrons. The van der Waals surface area contributed by atoms with Crippen molar-refractivity contribution in [3.05, 3.63) is 80.0 Å². The second-order valence-corrected chi connectivity index (χ2v) is 7.55. The van der Waals surface area contributed by atoms with Gasteiger partial charge in [-0.05, 0) is 49.7 Å². The first-order valence-corrected chi connectivity index (χ1v) is 9.72. The van der Waals surface area contributed by atoms with Crippen LogP contribution in [-0.4, -0.2) is 10.5 Å². The molecule has 3 rings (SSSR count). The van der Waals surface area contributed by atoms with Crippen molar-refractivity contribution < 1.29 is 18.0 Å². The van der Waals surface area contributed by atoms with Crippen LogP contribution in [0.3, 0.4) is 0 Å². The van der Waals surface area contributed by atoms with Crippen LogP contribution in [0.15, 0.2) is 57.9 Å². The van der Waals surface area contributed by atoms with Gasteiger partial charge in [0.25, 0.3) is 5.91 Å². The Labute approximate surface area is 173 Å². The number of halogens is 4. The van der Waals surface area contributed by atoms with Gasteiger partial charge in [0.1, 0.15) is 5.56 Å². The first kappa shape index (κ1) is 21.1. The van der Waals surface area contributed by atoms with Gasteiger partial charge in [-0.15, -0.1) is 0 Å². The largest absolute Gasteiger partial charge is 0.416 e. The Morgan fingerprint density at radius 3 is 2.55 bits per heavy atom. The number of amides is 1. The van der Waals surface area contributed by atoms with E-state index >= 15 is 0 Å². The predicted molar refractivity (Wildman–Crippen MR) is 109 cm³/mol. The Hall–Kier alpha value is -2.61. The van der Waals surface area contributed by atoms with E-state index in [4.69, 9.17) is 0 Å². The molecule has 0 aliphatic carbocycles. The maximum absolute atomic E-state index is 13.1. The van der Waals surface area contributed by atoms with Crippen molar-refractivity contribution in [3.63, 3.8) is 0 Å². The number of nitrogens with one attached hydrogen (secondary N) is 1. The monoisotopic (exact) mass is 466 g/mol. The molecule has 1 N–H and O–H groups in total. The Morgan fingerprint density at radius 1 is 1.21 bits per heavy atom. The minimum Gasteiger partial charge on any atom is -0.347 e. The lowest BCUT2D eigenvalue weighted by Crippen LogP contribution is -2.32. The van der Waals surface area contributed by atoms with Crippen LogP contribution in [0.5, 0.6) is 0 Å². The van der Waals surface area contributed by atoms with Gasteiger partial charge in [0.2, 0.25) is 5.43 Å². The van der Waals surface area contributed by atoms with E-state index in [1.54, 1.807) is 18.4 Å². The van der Waals surface area contributed by atoms with Crippen LogP contribution in [0.25, 0.3) is 10.9 Å². The smallest absolute Gasteiger partial charge is 0.347 e. The summed E-state index contributed by atoms with van der Waals surface area (Å²) in [5, 5.41) is 2.61. The van der Waals surface area contributed by atoms with E-state index in [0.29, 0.717) is 12.1 Å². The van der Waals surface area contributed by atoms with E-state index in [1.165, 1.54) is 12.3 Å². The lowest BCUT2D eigenvalue weighted by Gasteiger charge is -2.17.